The molecule has 0 saturated carbocycles. The van der Waals surface area contributed by atoms with Crippen LogP contribution >= 0.6 is 0 Å². The molecule has 0 amide bonds. The van der Waals surface area contributed by atoms with Crippen molar-refractivity contribution < 1.29 is 13.2 Å². The predicted octanol–water partition coefficient (Wildman–Crippen LogP) is 4.03. The molecule has 16 heavy (non-hydrogen) atoms. The summed E-state index contributed by atoms with van der Waals surface area (Å²) in [5.74, 6) is 0. The first-order valence-corrected chi connectivity index (χ1v) is 4.38. The molecule has 84 valence electrons. The lowest BCUT2D eigenvalue weighted by Crippen LogP contribution is -2.03. The first-order valence-electron chi connectivity index (χ1n) is 4.38. The zero-order valence-corrected chi connectivity index (χ0v) is 8.15. The van der Waals surface area contributed by atoms with Crippen LogP contribution in [0, 0.1) is 0 Å². The fourth-order valence-corrected chi connectivity index (χ4v) is 1.06. The Kier molecular flexibility index (Phi) is 3.96. The summed E-state index contributed by atoms with van der Waals surface area (Å²) in [6, 6.07) is 4.73. The summed E-state index contributed by atoms with van der Waals surface area (Å²) in [5, 5.41) is 3.26. The third kappa shape index (κ3) is 3.67. The predicted molar refractivity (Wildman–Crippen MR) is 54.5 cm³/mol. The Morgan fingerprint density at radius 2 is 1.88 bits per heavy atom. The molecule has 0 aromatic heterocycles. The minimum absolute atomic E-state index is 0.178. The zero-order chi connectivity index (χ0) is 12.0. The molecular formula is C10H8F3N3. The van der Waals surface area contributed by atoms with Crippen molar-refractivity contribution in [3.05, 3.63) is 51.9 Å². The summed E-state index contributed by atoms with van der Waals surface area (Å²) in [6.45, 7) is 0.178. The van der Waals surface area contributed by atoms with Crippen molar-refractivity contribution in [2.45, 2.75) is 6.18 Å². The van der Waals surface area contributed by atoms with Gasteiger partial charge in [0.25, 0.3) is 0 Å². The van der Waals surface area contributed by atoms with E-state index in [1.54, 1.807) is 12.2 Å². The van der Waals surface area contributed by atoms with Crippen molar-refractivity contribution in [1.82, 2.24) is 0 Å². The molecule has 3 nitrogen and oxygen atoms in total. The highest BCUT2D eigenvalue weighted by atomic mass is 19.4. The van der Waals surface area contributed by atoms with Gasteiger partial charge >= 0.3 is 6.18 Å². The van der Waals surface area contributed by atoms with E-state index in [1.807, 2.05) is 0 Å². The van der Waals surface area contributed by atoms with Crippen molar-refractivity contribution in [3.63, 3.8) is 0 Å². The van der Waals surface area contributed by atoms with E-state index in [4.69, 9.17) is 5.53 Å². The van der Waals surface area contributed by atoms with Crippen LogP contribution in [0.15, 0.2) is 35.5 Å². The molecule has 0 radical (unpaired) electrons. The van der Waals surface area contributed by atoms with Gasteiger partial charge in [0.2, 0.25) is 0 Å². The monoisotopic (exact) mass is 227 g/mol. The quantitative estimate of drug-likeness (QED) is 0.425. The van der Waals surface area contributed by atoms with Crippen molar-refractivity contribution in [2.24, 2.45) is 5.11 Å². The average Bonchev–Trinajstić information content (AvgIpc) is 2.24. The van der Waals surface area contributed by atoms with Crippen LogP contribution in [0.5, 0.6) is 0 Å². The van der Waals surface area contributed by atoms with Crippen LogP contribution in [-0.2, 0) is 6.18 Å². The molecule has 0 aliphatic carbocycles. The normalized spacial score (nSPS) is 11.4. The maximum absolute atomic E-state index is 12.2. The van der Waals surface area contributed by atoms with E-state index in [1.165, 1.54) is 12.1 Å². The number of nitrogens with zero attached hydrogens (tertiary/aromatic N) is 3. The van der Waals surface area contributed by atoms with E-state index in [2.05, 4.69) is 10.0 Å². The fourth-order valence-electron chi connectivity index (χ4n) is 1.06. The summed E-state index contributed by atoms with van der Waals surface area (Å²) >= 11 is 0. The second-order valence-electron chi connectivity index (χ2n) is 2.94. The maximum atomic E-state index is 12.2. The van der Waals surface area contributed by atoms with Gasteiger partial charge in [0.1, 0.15) is 0 Å². The van der Waals surface area contributed by atoms with Crippen molar-refractivity contribution >= 4 is 6.08 Å². The molecule has 0 unspecified atom stereocenters. The molecule has 0 aliphatic heterocycles. The Labute approximate surface area is 89.8 Å². The minimum Gasteiger partial charge on any atom is -0.166 e. The van der Waals surface area contributed by atoms with Gasteiger partial charge < -0.3 is 0 Å². The van der Waals surface area contributed by atoms with E-state index in [-0.39, 0.29) is 6.54 Å². The van der Waals surface area contributed by atoms with Gasteiger partial charge in [-0.3, -0.25) is 0 Å². The van der Waals surface area contributed by atoms with E-state index in [0.717, 1.165) is 12.1 Å². The molecule has 0 heterocycles. The number of hydrogen-bond acceptors (Lipinski definition) is 1. The smallest absolute Gasteiger partial charge is 0.166 e. The van der Waals surface area contributed by atoms with Gasteiger partial charge in [-0.2, -0.15) is 13.2 Å². The molecule has 6 heteroatoms. The summed E-state index contributed by atoms with van der Waals surface area (Å²) in [7, 11) is 0. The lowest BCUT2D eigenvalue weighted by Gasteiger charge is -2.05. The first kappa shape index (κ1) is 12.1. The van der Waals surface area contributed by atoms with Crippen molar-refractivity contribution in [3.8, 4) is 0 Å². The highest BCUT2D eigenvalue weighted by molar-refractivity contribution is 5.50. The molecule has 0 aliphatic rings. The largest absolute Gasteiger partial charge is 0.416 e. The summed E-state index contributed by atoms with van der Waals surface area (Å²) in [4.78, 5) is 2.54. The number of hydrogen-bond donors (Lipinski definition) is 0. The first-order chi connectivity index (χ1) is 7.54. The number of alkyl halides is 3. The lowest BCUT2D eigenvalue weighted by atomic mass is 10.1. The third-order valence-corrected chi connectivity index (χ3v) is 1.80. The molecular weight excluding hydrogens is 219 g/mol. The Hall–Kier alpha value is -1.94. The minimum atomic E-state index is -4.31. The van der Waals surface area contributed by atoms with Crippen LogP contribution in [0.25, 0.3) is 16.5 Å². The molecule has 0 atom stereocenters. The number of benzene rings is 1. The molecule has 0 spiro atoms. The van der Waals surface area contributed by atoms with Gasteiger partial charge in [0.05, 0.1) is 5.56 Å². The molecule has 0 fully saturated rings. The zero-order valence-electron chi connectivity index (χ0n) is 8.15. The Balaban J connectivity index is 2.72. The molecule has 0 saturated heterocycles. The second kappa shape index (κ2) is 5.23. The van der Waals surface area contributed by atoms with Gasteiger partial charge in [-0.05, 0) is 23.2 Å². The van der Waals surface area contributed by atoms with E-state index in [0.29, 0.717) is 5.56 Å². The van der Waals surface area contributed by atoms with Crippen LogP contribution in [0.4, 0.5) is 13.2 Å². The molecule has 0 N–H and O–H groups in total. The number of halogens is 3. The van der Waals surface area contributed by atoms with Crippen LogP contribution in [0.3, 0.4) is 0 Å². The van der Waals surface area contributed by atoms with E-state index >= 15 is 0 Å². The highest BCUT2D eigenvalue weighted by Gasteiger charge is 2.29. The number of azide groups is 1. The molecule has 1 aromatic carbocycles. The lowest BCUT2D eigenvalue weighted by molar-refractivity contribution is -0.137. The fraction of sp³-hybridized carbons (Fsp3) is 0.200. The summed E-state index contributed by atoms with van der Waals surface area (Å²) < 4.78 is 36.6. The highest BCUT2D eigenvalue weighted by Crippen LogP contribution is 2.29. The van der Waals surface area contributed by atoms with E-state index < -0.39 is 11.7 Å². The van der Waals surface area contributed by atoms with Crippen molar-refractivity contribution in [1.29, 1.82) is 0 Å². The summed E-state index contributed by atoms with van der Waals surface area (Å²) in [6.07, 6.45) is -1.15. The van der Waals surface area contributed by atoms with Gasteiger partial charge in [-0.1, -0.05) is 29.4 Å². The standard InChI is InChI=1S/C10H8F3N3/c11-10(12,13)9-5-3-8(4-6-9)2-1-7-15-16-14/h1-6H,7H2/b2-1+. The molecule has 1 aromatic rings. The summed E-state index contributed by atoms with van der Waals surface area (Å²) in [5.41, 5.74) is 7.93. The third-order valence-electron chi connectivity index (χ3n) is 1.80. The number of rotatable bonds is 3. The maximum Gasteiger partial charge on any atom is 0.416 e. The molecule has 0 bridgehead atoms. The Morgan fingerprint density at radius 3 is 2.38 bits per heavy atom. The van der Waals surface area contributed by atoms with Gasteiger partial charge in [0, 0.05) is 11.5 Å². The molecule has 1 rings (SSSR count). The van der Waals surface area contributed by atoms with Crippen LogP contribution in [0.2, 0.25) is 0 Å². The van der Waals surface area contributed by atoms with Gasteiger partial charge in [0.15, 0.2) is 0 Å². The van der Waals surface area contributed by atoms with Crippen LogP contribution in [-0.4, -0.2) is 6.54 Å². The van der Waals surface area contributed by atoms with Gasteiger partial charge in [-0.15, -0.1) is 0 Å². The SMILES string of the molecule is [N-]=[N+]=NC/C=C/c1ccc(C(F)(F)F)cc1. The van der Waals surface area contributed by atoms with Crippen LogP contribution in [0.1, 0.15) is 11.1 Å². The topological polar surface area (TPSA) is 48.8 Å². The van der Waals surface area contributed by atoms with Crippen LogP contribution < -0.4 is 0 Å². The van der Waals surface area contributed by atoms with E-state index in [9.17, 15) is 13.2 Å². The second-order valence-corrected chi connectivity index (χ2v) is 2.94. The van der Waals surface area contributed by atoms with Gasteiger partial charge in [-0.25, -0.2) is 0 Å². The Bertz CT molecular complexity index is 414. The van der Waals surface area contributed by atoms with Crippen molar-refractivity contribution in [2.75, 3.05) is 6.54 Å². The average molecular weight is 227 g/mol. The Morgan fingerprint density at radius 1 is 1.25 bits per heavy atom.